The highest BCUT2D eigenvalue weighted by Crippen LogP contribution is 2.62. The van der Waals surface area contributed by atoms with Gasteiger partial charge >= 0.3 is 0 Å². The Morgan fingerprint density at radius 3 is 2.32 bits per heavy atom. The third-order valence-electron chi connectivity index (χ3n) is 5.64. The molecule has 0 radical (unpaired) electrons. The molecule has 104 valence electrons. The largest absolute Gasteiger partial charge is 0.369 e. The molecule has 4 nitrogen and oxygen atoms in total. The van der Waals surface area contributed by atoms with E-state index in [1.54, 1.807) is 0 Å². The van der Waals surface area contributed by atoms with Gasteiger partial charge in [0.25, 0.3) is 0 Å². The van der Waals surface area contributed by atoms with Gasteiger partial charge in [-0.05, 0) is 31.1 Å². The molecule has 0 spiro atoms. The summed E-state index contributed by atoms with van der Waals surface area (Å²) in [6.07, 6.45) is 11.2. The molecule has 0 saturated heterocycles. The maximum atomic E-state index is 11.9. The summed E-state index contributed by atoms with van der Waals surface area (Å²) in [5, 5.41) is 0. The maximum absolute atomic E-state index is 11.9. The third-order valence-corrected chi connectivity index (χ3v) is 5.64. The van der Waals surface area contributed by atoms with Crippen LogP contribution in [0, 0.1) is 29.1 Å². The fourth-order valence-corrected chi connectivity index (χ4v) is 4.92. The Morgan fingerprint density at radius 1 is 1.05 bits per heavy atom. The molecule has 0 aromatic carbocycles. The highest BCUT2D eigenvalue weighted by Gasteiger charge is 2.61. The normalized spacial score (nSPS) is 41.6. The number of nitrogens with two attached hydrogens (primary N) is 2. The third kappa shape index (κ3) is 1.72. The molecule has 4 unspecified atom stereocenters. The van der Waals surface area contributed by atoms with Crippen molar-refractivity contribution in [3.05, 3.63) is 12.2 Å². The lowest BCUT2D eigenvalue weighted by atomic mass is 9.62. The number of allylic oxidation sites excluding steroid dienone is 2. The van der Waals surface area contributed by atoms with E-state index in [-0.39, 0.29) is 35.0 Å². The Morgan fingerprint density at radius 2 is 1.74 bits per heavy atom. The molecule has 3 rings (SSSR count). The second-order valence-corrected chi connectivity index (χ2v) is 6.48. The molecule has 2 saturated carbocycles. The minimum atomic E-state index is -0.386. The average Bonchev–Trinajstić information content (AvgIpc) is 2.96. The van der Waals surface area contributed by atoms with E-state index in [1.165, 1.54) is 19.3 Å². The van der Waals surface area contributed by atoms with Gasteiger partial charge in [-0.3, -0.25) is 9.59 Å². The summed E-state index contributed by atoms with van der Waals surface area (Å²) in [5.74, 6) is -0.870. The fourth-order valence-electron chi connectivity index (χ4n) is 4.92. The number of carbonyl (C=O) groups is 2. The molecular weight excluding hydrogens is 240 g/mol. The minimum Gasteiger partial charge on any atom is -0.369 e. The molecule has 2 bridgehead atoms. The number of fused-ring (bicyclic) bond motifs is 2. The molecule has 19 heavy (non-hydrogen) atoms. The zero-order valence-corrected chi connectivity index (χ0v) is 11.2. The maximum Gasteiger partial charge on any atom is 0.222 e. The van der Waals surface area contributed by atoms with Crippen molar-refractivity contribution < 1.29 is 9.59 Å². The van der Waals surface area contributed by atoms with Gasteiger partial charge in [0.2, 0.25) is 11.8 Å². The van der Waals surface area contributed by atoms with Crippen LogP contribution >= 0.6 is 0 Å². The summed E-state index contributed by atoms with van der Waals surface area (Å²) >= 11 is 0. The van der Waals surface area contributed by atoms with Gasteiger partial charge in [0.1, 0.15) is 0 Å². The van der Waals surface area contributed by atoms with Crippen LogP contribution in [-0.4, -0.2) is 11.8 Å². The molecule has 3 aliphatic carbocycles. The molecule has 0 heterocycles. The van der Waals surface area contributed by atoms with Crippen molar-refractivity contribution in [1.82, 2.24) is 0 Å². The van der Waals surface area contributed by atoms with E-state index >= 15 is 0 Å². The number of primary amides is 2. The van der Waals surface area contributed by atoms with Crippen LogP contribution in [-0.2, 0) is 9.59 Å². The lowest BCUT2D eigenvalue weighted by molar-refractivity contribution is -0.134. The van der Waals surface area contributed by atoms with Crippen LogP contribution in [0.4, 0.5) is 0 Å². The predicted octanol–water partition coefficient (Wildman–Crippen LogP) is 1.35. The van der Waals surface area contributed by atoms with Gasteiger partial charge < -0.3 is 11.5 Å². The highest BCUT2D eigenvalue weighted by molar-refractivity contribution is 5.88. The summed E-state index contributed by atoms with van der Waals surface area (Å²) in [7, 11) is 0. The van der Waals surface area contributed by atoms with Crippen LogP contribution in [0.3, 0.4) is 0 Å². The van der Waals surface area contributed by atoms with Gasteiger partial charge in [-0.1, -0.05) is 31.4 Å². The Bertz CT molecular complexity index is 439. The quantitative estimate of drug-likeness (QED) is 0.752. The molecule has 2 amide bonds. The first-order valence-corrected chi connectivity index (χ1v) is 7.34. The van der Waals surface area contributed by atoms with Crippen LogP contribution in [0.25, 0.3) is 0 Å². The predicted molar refractivity (Wildman–Crippen MR) is 71.6 cm³/mol. The SMILES string of the molecule is NC(=O)C1C2C=CC(C3CCCCC3)(C2)C1C(N)=O. The summed E-state index contributed by atoms with van der Waals surface area (Å²) in [6, 6.07) is 0. The number of hydrogen-bond acceptors (Lipinski definition) is 2. The van der Waals surface area contributed by atoms with E-state index in [2.05, 4.69) is 12.2 Å². The van der Waals surface area contributed by atoms with Crippen LogP contribution in [0.15, 0.2) is 12.2 Å². The van der Waals surface area contributed by atoms with Gasteiger partial charge in [0, 0.05) is 5.41 Å². The van der Waals surface area contributed by atoms with Crippen molar-refractivity contribution in [2.45, 2.75) is 38.5 Å². The van der Waals surface area contributed by atoms with E-state index in [0.29, 0.717) is 5.92 Å². The summed E-state index contributed by atoms with van der Waals surface area (Å²) in [4.78, 5) is 23.6. The molecular formula is C15H22N2O2. The lowest BCUT2D eigenvalue weighted by Crippen LogP contribution is -2.47. The molecule has 0 aromatic heterocycles. The van der Waals surface area contributed by atoms with Gasteiger partial charge in [-0.15, -0.1) is 0 Å². The van der Waals surface area contributed by atoms with Crippen molar-refractivity contribution in [3.8, 4) is 0 Å². The lowest BCUT2D eigenvalue weighted by Gasteiger charge is -2.41. The van der Waals surface area contributed by atoms with E-state index in [1.807, 2.05) is 0 Å². The van der Waals surface area contributed by atoms with E-state index in [9.17, 15) is 9.59 Å². The van der Waals surface area contributed by atoms with Gasteiger partial charge in [-0.25, -0.2) is 0 Å². The fraction of sp³-hybridized carbons (Fsp3) is 0.733. The Hall–Kier alpha value is -1.32. The Balaban J connectivity index is 1.97. The number of hydrogen-bond donors (Lipinski definition) is 2. The number of rotatable bonds is 3. The number of carbonyl (C=O) groups excluding carboxylic acids is 2. The highest BCUT2D eigenvalue weighted by atomic mass is 16.2. The summed E-state index contributed by atoms with van der Waals surface area (Å²) in [6.45, 7) is 0. The summed E-state index contributed by atoms with van der Waals surface area (Å²) in [5.41, 5.74) is 11.0. The van der Waals surface area contributed by atoms with Crippen molar-refractivity contribution in [1.29, 1.82) is 0 Å². The standard InChI is InChI=1S/C15H22N2O2/c16-13(18)11-9-6-7-15(8-9,12(11)14(17)19)10-4-2-1-3-5-10/h6-7,9-12H,1-5,8H2,(H2,16,18)(H2,17,19). The van der Waals surface area contributed by atoms with Crippen molar-refractivity contribution in [2.75, 3.05) is 0 Å². The zero-order valence-electron chi connectivity index (χ0n) is 11.2. The van der Waals surface area contributed by atoms with E-state index < -0.39 is 0 Å². The molecule has 3 aliphatic rings. The van der Waals surface area contributed by atoms with Crippen molar-refractivity contribution in [3.63, 3.8) is 0 Å². The molecule has 4 N–H and O–H groups in total. The Kier molecular flexibility index (Phi) is 2.91. The van der Waals surface area contributed by atoms with Crippen molar-refractivity contribution >= 4 is 11.8 Å². The second-order valence-electron chi connectivity index (χ2n) is 6.48. The van der Waals surface area contributed by atoms with Gasteiger partial charge in [0.05, 0.1) is 11.8 Å². The first-order valence-electron chi connectivity index (χ1n) is 7.34. The van der Waals surface area contributed by atoms with Crippen LogP contribution in [0.2, 0.25) is 0 Å². The van der Waals surface area contributed by atoms with Gasteiger partial charge in [0.15, 0.2) is 0 Å². The molecule has 0 aromatic rings. The van der Waals surface area contributed by atoms with Crippen molar-refractivity contribution in [2.24, 2.45) is 40.6 Å². The monoisotopic (exact) mass is 262 g/mol. The first-order chi connectivity index (χ1) is 9.06. The molecule has 4 atom stereocenters. The van der Waals surface area contributed by atoms with Gasteiger partial charge in [-0.2, -0.15) is 0 Å². The van der Waals surface area contributed by atoms with E-state index in [4.69, 9.17) is 11.5 Å². The zero-order chi connectivity index (χ0) is 13.6. The smallest absolute Gasteiger partial charge is 0.222 e. The van der Waals surface area contributed by atoms with Crippen LogP contribution < -0.4 is 11.5 Å². The van der Waals surface area contributed by atoms with E-state index in [0.717, 1.165) is 19.3 Å². The Labute approximate surface area is 113 Å². The average molecular weight is 262 g/mol. The molecule has 4 heteroatoms. The molecule has 0 aliphatic heterocycles. The second kappa shape index (κ2) is 4.36. The first kappa shape index (κ1) is 12.7. The minimum absolute atomic E-state index is 0.122. The summed E-state index contributed by atoms with van der Waals surface area (Å²) < 4.78 is 0. The van der Waals surface area contributed by atoms with Crippen LogP contribution in [0.5, 0.6) is 0 Å². The topological polar surface area (TPSA) is 86.2 Å². The number of amides is 2. The molecule has 2 fully saturated rings. The van der Waals surface area contributed by atoms with Crippen LogP contribution in [0.1, 0.15) is 38.5 Å².